The van der Waals surface area contributed by atoms with E-state index in [0.717, 1.165) is 0 Å². The van der Waals surface area contributed by atoms with E-state index < -0.39 is 44.2 Å². The minimum atomic E-state index is -4.34. The van der Waals surface area contributed by atoms with Crippen molar-refractivity contribution in [3.05, 3.63) is 23.8 Å². The van der Waals surface area contributed by atoms with E-state index in [-0.39, 0.29) is 0 Å². The van der Waals surface area contributed by atoms with Crippen LogP contribution in [0, 0.1) is 11.6 Å². The molecule has 0 saturated carbocycles. The average Bonchev–Trinajstić information content (AvgIpc) is 2.40. The molecule has 9 heteroatoms. The highest BCUT2D eigenvalue weighted by molar-refractivity contribution is 7.89. The molecule has 0 spiro atoms. The predicted molar refractivity (Wildman–Crippen MR) is 73.9 cm³/mol. The van der Waals surface area contributed by atoms with Crippen LogP contribution in [-0.2, 0) is 14.8 Å². The molecule has 0 aliphatic rings. The van der Waals surface area contributed by atoms with Gasteiger partial charge in [-0.1, -0.05) is 0 Å². The molecular formula is C12H17F2N3O3S. The molecule has 3 N–H and O–H groups in total. The number of likely N-dealkylation sites (N-methyl/N-ethyl adjacent to an activating group) is 1. The summed E-state index contributed by atoms with van der Waals surface area (Å²) in [5.74, 6) is -2.81. The molecule has 1 rings (SSSR count). The first-order chi connectivity index (χ1) is 9.60. The quantitative estimate of drug-likeness (QED) is 0.781. The molecule has 6 nitrogen and oxygen atoms in total. The van der Waals surface area contributed by atoms with Crippen LogP contribution in [0.3, 0.4) is 0 Å². The summed E-state index contributed by atoms with van der Waals surface area (Å²) in [4.78, 5) is 12.3. The van der Waals surface area contributed by atoms with Crippen LogP contribution in [0.5, 0.6) is 0 Å². The monoisotopic (exact) mass is 321 g/mol. The fourth-order valence-electron chi connectivity index (χ4n) is 1.58. The first-order valence-corrected chi connectivity index (χ1v) is 7.60. The summed E-state index contributed by atoms with van der Waals surface area (Å²) in [6.07, 6.45) is 0. The minimum absolute atomic E-state index is 0.383. The van der Waals surface area contributed by atoms with E-state index in [2.05, 4.69) is 0 Å². The SMILES string of the molecule is CCN(C)C(=O)C(C)NS(=O)(=O)c1cc(N)c(F)cc1F. The van der Waals surface area contributed by atoms with E-state index in [0.29, 0.717) is 18.7 Å². The van der Waals surface area contributed by atoms with Gasteiger partial charge in [-0.05, 0) is 19.9 Å². The lowest BCUT2D eigenvalue weighted by atomic mass is 10.3. The Balaban J connectivity index is 3.08. The first kappa shape index (κ1) is 17.3. The van der Waals surface area contributed by atoms with Gasteiger partial charge < -0.3 is 10.6 Å². The van der Waals surface area contributed by atoms with Gasteiger partial charge in [-0.2, -0.15) is 4.72 Å². The molecular weight excluding hydrogens is 304 g/mol. The number of nitrogens with one attached hydrogen (secondary N) is 1. The number of carbonyl (C=O) groups excluding carboxylic acids is 1. The predicted octanol–water partition coefficient (Wildman–Crippen LogP) is 0.692. The fraction of sp³-hybridized carbons (Fsp3) is 0.417. The van der Waals surface area contributed by atoms with Crippen LogP contribution in [0.1, 0.15) is 13.8 Å². The van der Waals surface area contributed by atoms with Crippen molar-refractivity contribution in [1.82, 2.24) is 9.62 Å². The normalized spacial score (nSPS) is 13.0. The van der Waals surface area contributed by atoms with E-state index >= 15 is 0 Å². The number of halogens is 2. The smallest absolute Gasteiger partial charge is 0.244 e. The van der Waals surface area contributed by atoms with Crippen LogP contribution < -0.4 is 10.5 Å². The molecule has 1 unspecified atom stereocenters. The van der Waals surface area contributed by atoms with Gasteiger partial charge in [0, 0.05) is 19.7 Å². The topological polar surface area (TPSA) is 92.5 Å². The molecule has 1 aromatic rings. The van der Waals surface area contributed by atoms with E-state index in [1.165, 1.54) is 18.9 Å². The third-order valence-electron chi connectivity index (χ3n) is 2.89. The Morgan fingerprint density at radius 2 is 1.95 bits per heavy atom. The van der Waals surface area contributed by atoms with Crippen LogP contribution in [0.15, 0.2) is 17.0 Å². The molecule has 0 aliphatic carbocycles. The van der Waals surface area contributed by atoms with Crippen molar-refractivity contribution < 1.29 is 22.0 Å². The number of anilines is 1. The number of benzene rings is 1. The van der Waals surface area contributed by atoms with Gasteiger partial charge in [0.15, 0.2) is 0 Å². The number of hydrogen-bond acceptors (Lipinski definition) is 4. The summed E-state index contributed by atoms with van der Waals surface area (Å²) in [5, 5.41) is 0. The van der Waals surface area contributed by atoms with Crippen molar-refractivity contribution in [1.29, 1.82) is 0 Å². The van der Waals surface area contributed by atoms with Crippen LogP contribution in [0.2, 0.25) is 0 Å². The van der Waals surface area contributed by atoms with Crippen LogP contribution in [0.4, 0.5) is 14.5 Å². The Hall–Kier alpha value is -1.74. The summed E-state index contributed by atoms with van der Waals surface area (Å²) in [6, 6.07) is -0.0342. The Morgan fingerprint density at radius 1 is 1.38 bits per heavy atom. The second kappa shape index (κ2) is 6.35. The average molecular weight is 321 g/mol. The van der Waals surface area contributed by atoms with Crippen molar-refractivity contribution in [3.63, 3.8) is 0 Å². The molecule has 118 valence electrons. The van der Waals surface area contributed by atoms with Crippen LogP contribution in [0.25, 0.3) is 0 Å². The zero-order valence-corrected chi connectivity index (χ0v) is 12.7. The first-order valence-electron chi connectivity index (χ1n) is 6.12. The third-order valence-corrected chi connectivity index (χ3v) is 4.45. The second-order valence-electron chi connectivity index (χ2n) is 4.50. The summed E-state index contributed by atoms with van der Waals surface area (Å²) >= 11 is 0. The lowest BCUT2D eigenvalue weighted by Gasteiger charge is -2.20. The highest BCUT2D eigenvalue weighted by Crippen LogP contribution is 2.21. The van der Waals surface area contributed by atoms with Gasteiger partial charge in [0.25, 0.3) is 0 Å². The van der Waals surface area contributed by atoms with Crippen molar-refractivity contribution in [2.24, 2.45) is 0 Å². The fourth-order valence-corrected chi connectivity index (χ4v) is 2.87. The number of amides is 1. The Bertz CT molecular complexity index is 649. The Labute approximate surface area is 122 Å². The number of nitrogens with zero attached hydrogens (tertiary/aromatic N) is 1. The van der Waals surface area contributed by atoms with Crippen molar-refractivity contribution >= 4 is 21.6 Å². The largest absolute Gasteiger partial charge is 0.396 e. The highest BCUT2D eigenvalue weighted by atomic mass is 32.2. The van der Waals surface area contributed by atoms with Gasteiger partial charge in [-0.15, -0.1) is 0 Å². The van der Waals surface area contributed by atoms with Gasteiger partial charge >= 0.3 is 0 Å². The van der Waals surface area contributed by atoms with E-state index in [4.69, 9.17) is 5.73 Å². The van der Waals surface area contributed by atoms with Gasteiger partial charge in [-0.25, -0.2) is 17.2 Å². The maximum absolute atomic E-state index is 13.6. The van der Waals surface area contributed by atoms with Crippen LogP contribution >= 0.6 is 0 Å². The maximum atomic E-state index is 13.6. The summed E-state index contributed by atoms with van der Waals surface area (Å²) < 4.78 is 52.8. The van der Waals surface area contributed by atoms with Gasteiger partial charge in [-0.3, -0.25) is 4.79 Å². The summed E-state index contributed by atoms with van der Waals surface area (Å²) in [5.41, 5.74) is 4.74. The van der Waals surface area contributed by atoms with Crippen molar-refractivity contribution in [2.75, 3.05) is 19.3 Å². The molecule has 0 bridgehead atoms. The molecule has 21 heavy (non-hydrogen) atoms. The van der Waals surface area contributed by atoms with Gasteiger partial charge in [0.2, 0.25) is 15.9 Å². The molecule has 0 radical (unpaired) electrons. The lowest BCUT2D eigenvalue weighted by Crippen LogP contribution is -2.45. The van der Waals surface area contributed by atoms with Crippen molar-refractivity contribution in [3.8, 4) is 0 Å². The van der Waals surface area contributed by atoms with Crippen LogP contribution in [-0.4, -0.2) is 38.9 Å². The van der Waals surface area contributed by atoms with E-state index in [9.17, 15) is 22.0 Å². The number of hydrogen-bond donors (Lipinski definition) is 2. The number of carbonyl (C=O) groups is 1. The summed E-state index contributed by atoms with van der Waals surface area (Å²) in [6.45, 7) is 3.44. The van der Waals surface area contributed by atoms with Gasteiger partial charge in [0.1, 0.15) is 16.5 Å². The third kappa shape index (κ3) is 3.88. The van der Waals surface area contributed by atoms with Gasteiger partial charge in [0.05, 0.1) is 11.7 Å². The summed E-state index contributed by atoms with van der Waals surface area (Å²) in [7, 11) is -2.83. The van der Waals surface area contributed by atoms with Crippen molar-refractivity contribution in [2.45, 2.75) is 24.8 Å². The zero-order chi connectivity index (χ0) is 16.4. The Kier molecular flexibility index (Phi) is 5.24. The van der Waals surface area contributed by atoms with E-state index in [1.807, 2.05) is 4.72 Å². The highest BCUT2D eigenvalue weighted by Gasteiger charge is 2.27. The lowest BCUT2D eigenvalue weighted by molar-refractivity contribution is -0.131. The Morgan fingerprint density at radius 3 is 2.48 bits per heavy atom. The van der Waals surface area contributed by atoms with E-state index in [1.54, 1.807) is 6.92 Å². The number of nitrogens with two attached hydrogens (primary N) is 1. The molecule has 0 aromatic heterocycles. The molecule has 0 saturated heterocycles. The number of sulfonamides is 1. The standard InChI is InChI=1S/C12H17F2N3O3S/c1-4-17(3)12(18)7(2)16-21(19,20)11-6-10(15)8(13)5-9(11)14/h5-7,16H,4,15H2,1-3H3. The molecule has 0 fully saturated rings. The molecule has 0 heterocycles. The number of nitrogen functional groups attached to an aromatic ring is 1. The molecule has 1 aromatic carbocycles. The zero-order valence-electron chi connectivity index (χ0n) is 11.9. The molecule has 0 aliphatic heterocycles. The molecule has 1 atom stereocenters. The number of rotatable bonds is 5. The maximum Gasteiger partial charge on any atom is 0.244 e. The minimum Gasteiger partial charge on any atom is -0.396 e. The second-order valence-corrected chi connectivity index (χ2v) is 6.18. The molecule has 1 amide bonds.